The van der Waals surface area contributed by atoms with Gasteiger partial charge in [-0.05, 0) is 45.4 Å². The lowest BCUT2D eigenvalue weighted by Gasteiger charge is -2.10. The fourth-order valence-electron chi connectivity index (χ4n) is 3.17. The quantitative estimate of drug-likeness (QED) is 0.483. The number of rotatable bonds is 7. The van der Waals surface area contributed by atoms with Gasteiger partial charge in [0.25, 0.3) is 0 Å². The van der Waals surface area contributed by atoms with Crippen molar-refractivity contribution < 1.29 is 4.74 Å². The fourth-order valence-corrected chi connectivity index (χ4v) is 3.17. The molecular weight excluding hydrogens is 350 g/mol. The summed E-state index contributed by atoms with van der Waals surface area (Å²) in [5.41, 5.74) is 3.90. The first-order chi connectivity index (χ1) is 13.6. The molecule has 0 amide bonds. The smallest absolute Gasteiger partial charge is 0.226 e. The van der Waals surface area contributed by atoms with Gasteiger partial charge < -0.3 is 10.1 Å². The summed E-state index contributed by atoms with van der Waals surface area (Å²) in [5, 5.41) is 9.14. The van der Waals surface area contributed by atoms with E-state index < -0.39 is 0 Å². The third-order valence-electron chi connectivity index (χ3n) is 4.51. The van der Waals surface area contributed by atoms with Crippen LogP contribution in [-0.4, -0.2) is 38.8 Å². The minimum atomic E-state index is 0.248. The molecule has 144 valence electrons. The lowest BCUT2D eigenvalue weighted by atomic mass is 10.1. The van der Waals surface area contributed by atoms with Crippen molar-refractivity contribution in [3.63, 3.8) is 0 Å². The highest BCUT2D eigenvalue weighted by Crippen LogP contribution is 2.24. The summed E-state index contributed by atoms with van der Waals surface area (Å²) in [6, 6.07) is 16.3. The summed E-state index contributed by atoms with van der Waals surface area (Å²) < 4.78 is 7.42. The van der Waals surface area contributed by atoms with E-state index in [0.717, 1.165) is 35.1 Å². The minimum absolute atomic E-state index is 0.248. The van der Waals surface area contributed by atoms with Gasteiger partial charge in [0, 0.05) is 24.1 Å². The van der Waals surface area contributed by atoms with Crippen molar-refractivity contribution in [2.45, 2.75) is 33.3 Å². The molecule has 2 heterocycles. The van der Waals surface area contributed by atoms with E-state index in [2.05, 4.69) is 24.4 Å². The number of hydrogen-bond donors (Lipinski definition) is 1. The number of fused-ring (bicyclic) bond motifs is 3. The molecule has 0 aliphatic heterocycles. The van der Waals surface area contributed by atoms with Crippen LogP contribution < -0.4 is 5.32 Å². The number of nitrogens with zero attached hydrogens (tertiary/aromatic N) is 4. The van der Waals surface area contributed by atoms with E-state index in [4.69, 9.17) is 19.8 Å². The van der Waals surface area contributed by atoms with Crippen molar-refractivity contribution in [1.29, 1.82) is 0 Å². The maximum atomic E-state index is 5.62. The molecule has 0 saturated carbocycles. The van der Waals surface area contributed by atoms with Gasteiger partial charge >= 0.3 is 0 Å². The number of aromatic nitrogens is 4. The number of anilines is 1. The number of ether oxygens (including phenoxy) is 1. The molecule has 6 nitrogen and oxygen atoms in total. The van der Waals surface area contributed by atoms with Crippen molar-refractivity contribution in [2.75, 3.05) is 18.5 Å². The molecule has 0 spiro atoms. The second kappa shape index (κ2) is 7.94. The highest BCUT2D eigenvalue weighted by Gasteiger charge is 2.14. The van der Waals surface area contributed by atoms with Crippen LogP contribution in [-0.2, 0) is 4.74 Å². The van der Waals surface area contributed by atoms with Gasteiger partial charge in [-0.1, -0.05) is 35.9 Å². The summed E-state index contributed by atoms with van der Waals surface area (Å²) in [4.78, 5) is 9.60. The second-order valence-corrected chi connectivity index (χ2v) is 7.19. The number of para-hydroxylation sites is 1. The summed E-state index contributed by atoms with van der Waals surface area (Å²) in [5.74, 6) is 1.40. The highest BCUT2D eigenvalue weighted by atomic mass is 16.5. The zero-order chi connectivity index (χ0) is 19.5. The molecule has 0 aliphatic rings. The Labute approximate surface area is 164 Å². The van der Waals surface area contributed by atoms with Crippen LogP contribution in [0, 0.1) is 6.92 Å². The first-order valence-electron chi connectivity index (χ1n) is 9.70. The molecule has 0 bridgehead atoms. The van der Waals surface area contributed by atoms with E-state index in [1.165, 1.54) is 5.56 Å². The molecule has 4 aromatic rings. The van der Waals surface area contributed by atoms with E-state index in [1.54, 1.807) is 0 Å². The predicted molar refractivity (Wildman–Crippen MR) is 113 cm³/mol. The average Bonchev–Trinajstić information content (AvgIpc) is 3.13. The lowest BCUT2D eigenvalue weighted by molar-refractivity contribution is 0.0787. The molecule has 0 saturated heterocycles. The molecule has 2 aromatic heterocycles. The average molecular weight is 375 g/mol. The largest absolute Gasteiger partial charge is 0.379 e. The van der Waals surface area contributed by atoms with Crippen LogP contribution in [0.2, 0.25) is 0 Å². The van der Waals surface area contributed by atoms with Crippen LogP contribution in [0.5, 0.6) is 0 Å². The Hall–Kier alpha value is -2.99. The van der Waals surface area contributed by atoms with Gasteiger partial charge in [-0.3, -0.25) is 0 Å². The van der Waals surface area contributed by atoms with Gasteiger partial charge in [0.05, 0.1) is 11.6 Å². The zero-order valence-electron chi connectivity index (χ0n) is 16.5. The molecule has 6 heteroatoms. The van der Waals surface area contributed by atoms with E-state index in [0.29, 0.717) is 18.4 Å². The molecule has 0 aliphatic carbocycles. The Morgan fingerprint density at radius 3 is 2.75 bits per heavy atom. The van der Waals surface area contributed by atoms with Crippen molar-refractivity contribution in [3.8, 4) is 11.4 Å². The maximum Gasteiger partial charge on any atom is 0.226 e. The third-order valence-corrected chi connectivity index (χ3v) is 4.51. The van der Waals surface area contributed by atoms with E-state index >= 15 is 0 Å². The molecule has 1 N–H and O–H groups in total. The van der Waals surface area contributed by atoms with E-state index in [1.807, 2.05) is 54.8 Å². The Kier molecular flexibility index (Phi) is 5.21. The molecule has 0 radical (unpaired) electrons. The Morgan fingerprint density at radius 1 is 1.07 bits per heavy atom. The van der Waals surface area contributed by atoms with Crippen LogP contribution in [0.1, 0.15) is 25.8 Å². The van der Waals surface area contributed by atoms with E-state index in [-0.39, 0.29) is 6.10 Å². The molecule has 0 unspecified atom stereocenters. The third kappa shape index (κ3) is 3.82. The van der Waals surface area contributed by atoms with Gasteiger partial charge in [-0.2, -0.15) is 4.52 Å². The summed E-state index contributed by atoms with van der Waals surface area (Å²) in [6.07, 6.45) is 1.14. The van der Waals surface area contributed by atoms with Gasteiger partial charge in [-0.25, -0.2) is 9.97 Å². The Bertz CT molecular complexity index is 1100. The predicted octanol–water partition coefficient (Wildman–Crippen LogP) is 4.48. The molecule has 4 rings (SSSR count). The minimum Gasteiger partial charge on any atom is -0.379 e. The van der Waals surface area contributed by atoms with Gasteiger partial charge in [0.15, 0.2) is 11.5 Å². The number of hydrogen-bond acceptors (Lipinski definition) is 5. The van der Waals surface area contributed by atoms with E-state index in [9.17, 15) is 0 Å². The molecule has 28 heavy (non-hydrogen) atoms. The van der Waals surface area contributed by atoms with Crippen LogP contribution in [0.4, 0.5) is 5.95 Å². The van der Waals surface area contributed by atoms with Crippen molar-refractivity contribution in [3.05, 3.63) is 54.1 Å². The standard InChI is InChI=1S/C22H25N5O/c1-15(2)28-13-7-12-23-22-24-19-11-5-4-10-18(19)21-25-20(26-27(21)22)17-9-6-8-16(3)14-17/h4-6,8-11,14-15H,7,12-13H2,1-3H3,(H,23,24). The first-order valence-corrected chi connectivity index (χ1v) is 9.70. The molecule has 0 fully saturated rings. The van der Waals surface area contributed by atoms with Gasteiger partial charge in [0.2, 0.25) is 5.95 Å². The van der Waals surface area contributed by atoms with Gasteiger partial charge in [-0.15, -0.1) is 5.10 Å². The summed E-state index contributed by atoms with van der Waals surface area (Å²) >= 11 is 0. The second-order valence-electron chi connectivity index (χ2n) is 7.19. The van der Waals surface area contributed by atoms with Crippen molar-refractivity contribution >= 4 is 22.5 Å². The normalized spacial score (nSPS) is 11.6. The van der Waals surface area contributed by atoms with Crippen LogP contribution in [0.3, 0.4) is 0 Å². The lowest BCUT2D eigenvalue weighted by Crippen LogP contribution is -2.12. The highest BCUT2D eigenvalue weighted by molar-refractivity contribution is 5.92. The maximum absolute atomic E-state index is 5.62. The monoisotopic (exact) mass is 375 g/mol. The molecule has 0 atom stereocenters. The number of benzene rings is 2. The fraction of sp³-hybridized carbons (Fsp3) is 0.318. The zero-order valence-corrected chi connectivity index (χ0v) is 16.5. The van der Waals surface area contributed by atoms with Crippen LogP contribution in [0.25, 0.3) is 27.9 Å². The SMILES string of the molecule is Cc1cccc(-c2nc3c4ccccc4nc(NCCCOC(C)C)n3n2)c1. The van der Waals surface area contributed by atoms with Gasteiger partial charge in [0.1, 0.15) is 0 Å². The number of nitrogens with one attached hydrogen (secondary N) is 1. The molecular formula is C22H25N5O. The number of aryl methyl sites for hydroxylation is 1. The van der Waals surface area contributed by atoms with Crippen molar-refractivity contribution in [2.24, 2.45) is 0 Å². The van der Waals surface area contributed by atoms with Crippen molar-refractivity contribution in [1.82, 2.24) is 19.6 Å². The summed E-state index contributed by atoms with van der Waals surface area (Å²) in [7, 11) is 0. The van der Waals surface area contributed by atoms with Crippen LogP contribution in [0.15, 0.2) is 48.5 Å². The summed E-state index contributed by atoms with van der Waals surface area (Å²) in [6.45, 7) is 7.64. The van der Waals surface area contributed by atoms with Crippen LogP contribution >= 0.6 is 0 Å². The Morgan fingerprint density at radius 2 is 1.93 bits per heavy atom. The first kappa shape index (κ1) is 18.4. The topological polar surface area (TPSA) is 64.3 Å². The Balaban J connectivity index is 1.71. The molecule has 2 aromatic carbocycles.